The summed E-state index contributed by atoms with van der Waals surface area (Å²) < 4.78 is 0. The number of rotatable bonds is 3. The van der Waals surface area contributed by atoms with Crippen molar-refractivity contribution >= 4 is 28.9 Å². The maximum atomic E-state index is 8.78. The topological polar surface area (TPSA) is 64.8 Å². The molecule has 0 spiro atoms. The molecule has 1 heterocycles. The summed E-state index contributed by atoms with van der Waals surface area (Å²) in [7, 11) is 1.63. The first-order chi connectivity index (χ1) is 8.69. The predicted molar refractivity (Wildman–Crippen MR) is 70.8 cm³/mol. The molecule has 5 nitrogen and oxygen atoms in total. The third-order valence-electron chi connectivity index (χ3n) is 2.26. The van der Waals surface area contributed by atoms with E-state index < -0.39 is 0 Å². The Labute approximate surface area is 110 Å². The Bertz CT molecular complexity index is 576. The van der Waals surface area contributed by atoms with Crippen LogP contribution in [0.15, 0.2) is 36.7 Å². The number of nitriles is 1. The van der Waals surface area contributed by atoms with Crippen molar-refractivity contribution < 1.29 is 0 Å². The van der Waals surface area contributed by atoms with E-state index in [1.807, 2.05) is 18.3 Å². The van der Waals surface area contributed by atoms with Crippen molar-refractivity contribution in [2.45, 2.75) is 0 Å². The molecule has 1 N–H and O–H groups in total. The number of nitrogens with zero attached hydrogens (tertiary/aromatic N) is 4. The Hall–Kier alpha value is -2.32. The molecule has 1 aromatic carbocycles. The lowest BCUT2D eigenvalue weighted by molar-refractivity contribution is 1.08. The highest BCUT2D eigenvalue weighted by Crippen LogP contribution is 2.19. The van der Waals surface area contributed by atoms with Crippen molar-refractivity contribution in [1.29, 1.82) is 5.26 Å². The van der Waals surface area contributed by atoms with Gasteiger partial charge >= 0.3 is 0 Å². The van der Waals surface area contributed by atoms with Crippen molar-refractivity contribution in [3.63, 3.8) is 0 Å². The molecule has 6 heteroatoms. The van der Waals surface area contributed by atoms with Gasteiger partial charge in [-0.15, -0.1) is 0 Å². The van der Waals surface area contributed by atoms with Crippen LogP contribution in [-0.4, -0.2) is 17.0 Å². The largest absolute Gasteiger partial charge is 0.340 e. The molecule has 0 unspecified atom stereocenters. The zero-order valence-electron chi connectivity index (χ0n) is 9.63. The smallest absolute Gasteiger partial charge is 0.185 e. The normalized spacial score (nSPS) is 9.61. The highest BCUT2D eigenvalue weighted by molar-refractivity contribution is 6.30. The number of hydrogen-bond donors (Lipinski definition) is 1. The highest BCUT2D eigenvalue weighted by atomic mass is 35.5. The standard InChI is InChI=1S/C12H10ClN5/c1-18(7-14)12-6-11(15-8-16-12)17-10-4-2-9(13)3-5-10/h2-6,8H,1H3,(H,15,16,17). The lowest BCUT2D eigenvalue weighted by Crippen LogP contribution is -2.10. The first-order valence-electron chi connectivity index (χ1n) is 5.17. The van der Waals surface area contributed by atoms with Crippen molar-refractivity contribution in [3.05, 3.63) is 41.7 Å². The van der Waals surface area contributed by atoms with E-state index in [4.69, 9.17) is 16.9 Å². The van der Waals surface area contributed by atoms with E-state index in [0.717, 1.165) is 5.69 Å². The van der Waals surface area contributed by atoms with Crippen LogP contribution in [0, 0.1) is 11.5 Å². The van der Waals surface area contributed by atoms with Gasteiger partial charge in [0.25, 0.3) is 0 Å². The van der Waals surface area contributed by atoms with Crippen LogP contribution in [0.3, 0.4) is 0 Å². The SMILES string of the molecule is CN(C#N)c1cc(Nc2ccc(Cl)cc2)ncn1. The zero-order valence-corrected chi connectivity index (χ0v) is 10.4. The summed E-state index contributed by atoms with van der Waals surface area (Å²) in [4.78, 5) is 9.44. The molecular weight excluding hydrogens is 250 g/mol. The molecule has 0 atom stereocenters. The monoisotopic (exact) mass is 259 g/mol. The molecule has 1 aromatic heterocycles. The fourth-order valence-corrected chi connectivity index (χ4v) is 1.46. The van der Waals surface area contributed by atoms with Gasteiger partial charge in [0.2, 0.25) is 0 Å². The van der Waals surface area contributed by atoms with Crippen LogP contribution in [0.25, 0.3) is 0 Å². The Morgan fingerprint density at radius 2 is 2.00 bits per heavy atom. The second-order valence-electron chi connectivity index (χ2n) is 3.55. The van der Waals surface area contributed by atoms with Gasteiger partial charge in [0.15, 0.2) is 6.19 Å². The Kier molecular flexibility index (Phi) is 3.60. The molecule has 0 amide bonds. The summed E-state index contributed by atoms with van der Waals surface area (Å²) in [5.74, 6) is 1.15. The first kappa shape index (κ1) is 12.1. The number of hydrogen-bond acceptors (Lipinski definition) is 5. The number of halogens is 1. The second kappa shape index (κ2) is 5.34. The third kappa shape index (κ3) is 2.87. The van der Waals surface area contributed by atoms with Gasteiger partial charge in [-0.25, -0.2) is 9.97 Å². The van der Waals surface area contributed by atoms with Gasteiger partial charge in [0.1, 0.15) is 18.0 Å². The minimum absolute atomic E-state index is 0.531. The quantitative estimate of drug-likeness (QED) is 0.678. The molecule has 0 saturated heterocycles. The minimum atomic E-state index is 0.531. The van der Waals surface area contributed by atoms with E-state index in [1.165, 1.54) is 11.2 Å². The van der Waals surface area contributed by atoms with Crippen LogP contribution in [0.4, 0.5) is 17.3 Å². The summed E-state index contributed by atoms with van der Waals surface area (Å²) in [6.45, 7) is 0. The van der Waals surface area contributed by atoms with Crippen molar-refractivity contribution in [1.82, 2.24) is 9.97 Å². The van der Waals surface area contributed by atoms with E-state index in [2.05, 4.69) is 15.3 Å². The molecule has 2 rings (SSSR count). The van der Waals surface area contributed by atoms with Crippen LogP contribution >= 0.6 is 11.6 Å². The van der Waals surface area contributed by atoms with Crippen LogP contribution in [0.2, 0.25) is 5.02 Å². The van der Waals surface area contributed by atoms with Gasteiger partial charge in [-0.2, -0.15) is 5.26 Å². The lowest BCUT2D eigenvalue weighted by atomic mass is 10.3. The molecule has 0 aliphatic carbocycles. The molecular formula is C12H10ClN5. The second-order valence-corrected chi connectivity index (χ2v) is 3.99. The van der Waals surface area contributed by atoms with Gasteiger partial charge in [-0.05, 0) is 24.3 Å². The molecule has 0 radical (unpaired) electrons. The summed E-state index contributed by atoms with van der Waals surface area (Å²) in [5, 5.41) is 12.6. The molecule has 0 saturated carbocycles. The fourth-order valence-electron chi connectivity index (χ4n) is 1.33. The Morgan fingerprint density at radius 3 is 2.67 bits per heavy atom. The molecule has 0 aliphatic heterocycles. The van der Waals surface area contributed by atoms with Crippen LogP contribution < -0.4 is 10.2 Å². The van der Waals surface area contributed by atoms with Crippen LogP contribution in [0.5, 0.6) is 0 Å². The summed E-state index contributed by atoms with van der Waals surface area (Å²) >= 11 is 5.80. The van der Waals surface area contributed by atoms with Crippen LogP contribution in [0.1, 0.15) is 0 Å². The predicted octanol–water partition coefficient (Wildman–Crippen LogP) is 2.79. The van der Waals surface area contributed by atoms with Gasteiger partial charge in [0.05, 0.1) is 0 Å². The van der Waals surface area contributed by atoms with E-state index >= 15 is 0 Å². The van der Waals surface area contributed by atoms with E-state index in [9.17, 15) is 0 Å². The number of anilines is 3. The molecule has 0 fully saturated rings. The zero-order chi connectivity index (χ0) is 13.0. The van der Waals surface area contributed by atoms with Crippen molar-refractivity contribution in [2.24, 2.45) is 0 Å². The molecule has 90 valence electrons. The molecule has 18 heavy (non-hydrogen) atoms. The van der Waals surface area contributed by atoms with Gasteiger partial charge in [-0.1, -0.05) is 11.6 Å². The molecule has 2 aromatic rings. The van der Waals surface area contributed by atoms with Gasteiger partial charge < -0.3 is 5.32 Å². The van der Waals surface area contributed by atoms with Gasteiger partial charge in [-0.3, -0.25) is 4.90 Å². The van der Waals surface area contributed by atoms with E-state index in [1.54, 1.807) is 25.2 Å². The van der Waals surface area contributed by atoms with Crippen molar-refractivity contribution in [2.75, 3.05) is 17.3 Å². The minimum Gasteiger partial charge on any atom is -0.340 e. The van der Waals surface area contributed by atoms with E-state index in [-0.39, 0.29) is 0 Å². The van der Waals surface area contributed by atoms with Crippen LogP contribution in [-0.2, 0) is 0 Å². The maximum absolute atomic E-state index is 8.78. The Morgan fingerprint density at radius 1 is 1.28 bits per heavy atom. The fraction of sp³-hybridized carbons (Fsp3) is 0.0833. The highest BCUT2D eigenvalue weighted by Gasteiger charge is 2.03. The summed E-state index contributed by atoms with van der Waals surface area (Å²) in [6.07, 6.45) is 3.38. The average Bonchev–Trinajstić information content (AvgIpc) is 2.41. The molecule has 0 aliphatic rings. The van der Waals surface area contributed by atoms with Gasteiger partial charge in [0, 0.05) is 23.8 Å². The average molecular weight is 260 g/mol. The number of aromatic nitrogens is 2. The number of nitrogens with one attached hydrogen (secondary N) is 1. The van der Waals surface area contributed by atoms with Crippen molar-refractivity contribution in [3.8, 4) is 6.19 Å². The van der Waals surface area contributed by atoms with E-state index in [0.29, 0.717) is 16.7 Å². The summed E-state index contributed by atoms with van der Waals surface area (Å²) in [5.41, 5.74) is 0.865. The maximum Gasteiger partial charge on any atom is 0.185 e. The lowest BCUT2D eigenvalue weighted by Gasteiger charge is -2.10. The third-order valence-corrected chi connectivity index (χ3v) is 2.51. The molecule has 0 bridgehead atoms. The summed E-state index contributed by atoms with van der Waals surface area (Å²) in [6, 6.07) is 8.95. The Balaban J connectivity index is 2.19. The first-order valence-corrected chi connectivity index (χ1v) is 5.55. The number of benzene rings is 1.